The lowest BCUT2D eigenvalue weighted by molar-refractivity contribution is 0.0983. The van der Waals surface area contributed by atoms with Gasteiger partial charge in [0.15, 0.2) is 5.78 Å². The van der Waals surface area contributed by atoms with E-state index >= 15 is 0 Å². The second-order valence-electron chi connectivity index (χ2n) is 8.56. The van der Waals surface area contributed by atoms with Crippen LogP contribution in [0, 0.1) is 0 Å². The van der Waals surface area contributed by atoms with E-state index in [-0.39, 0.29) is 16.6 Å². The highest BCUT2D eigenvalue weighted by Gasteiger charge is 2.26. The number of Topliss-reactive ketones (excluding diaryl/α,β-unsaturated/α-hetero) is 1. The van der Waals surface area contributed by atoms with Crippen molar-refractivity contribution in [2.45, 2.75) is 65.2 Å². The van der Waals surface area contributed by atoms with E-state index in [2.05, 4.69) is 58.7 Å². The third-order valence-corrected chi connectivity index (χ3v) is 4.35. The summed E-state index contributed by atoms with van der Waals surface area (Å²) in [5, 5.41) is 10.7. The van der Waals surface area contributed by atoms with Gasteiger partial charge in [-0.2, -0.15) is 0 Å². The molecule has 0 saturated carbocycles. The van der Waals surface area contributed by atoms with E-state index in [1.54, 1.807) is 18.5 Å². The maximum Gasteiger partial charge on any atom is 0.164 e. The Morgan fingerprint density at radius 3 is 2.00 bits per heavy atom. The molecule has 3 heteroatoms. The SMILES string of the molecule is CC(C)(C)c1cc(CCC(=O)c2cc[nH]c2)cc(C(C)(C)C)c1O. The van der Waals surface area contributed by atoms with Crippen molar-refractivity contribution < 1.29 is 9.90 Å². The number of phenols is 1. The van der Waals surface area contributed by atoms with Gasteiger partial charge in [0.1, 0.15) is 5.75 Å². The third-order valence-electron chi connectivity index (χ3n) is 4.35. The number of aromatic hydroxyl groups is 1. The summed E-state index contributed by atoms with van der Waals surface area (Å²) in [4.78, 5) is 15.2. The number of benzene rings is 1. The molecule has 0 saturated heterocycles. The fraction of sp³-hybridized carbons (Fsp3) is 0.476. The number of nitrogens with one attached hydrogen (secondary N) is 1. The Balaban J connectivity index is 2.34. The van der Waals surface area contributed by atoms with Crippen molar-refractivity contribution in [2.75, 3.05) is 0 Å². The number of H-pyrrole nitrogens is 1. The predicted molar refractivity (Wildman–Crippen MR) is 99.0 cm³/mol. The summed E-state index contributed by atoms with van der Waals surface area (Å²) >= 11 is 0. The van der Waals surface area contributed by atoms with E-state index in [9.17, 15) is 9.90 Å². The summed E-state index contributed by atoms with van der Waals surface area (Å²) < 4.78 is 0. The van der Waals surface area contributed by atoms with E-state index in [1.807, 2.05) is 0 Å². The lowest BCUT2D eigenvalue weighted by Gasteiger charge is -2.28. The Morgan fingerprint density at radius 2 is 1.58 bits per heavy atom. The second-order valence-corrected chi connectivity index (χ2v) is 8.56. The molecule has 0 aliphatic carbocycles. The standard InChI is InChI=1S/C21H29NO2/c1-20(2,3)16-11-14(12-17(19(16)24)21(4,5)6)7-8-18(23)15-9-10-22-13-15/h9-13,22,24H,7-8H2,1-6H3. The number of ketones is 1. The molecular formula is C21H29NO2. The van der Waals surface area contributed by atoms with Crippen LogP contribution < -0.4 is 0 Å². The van der Waals surface area contributed by atoms with Gasteiger partial charge >= 0.3 is 0 Å². The molecule has 2 rings (SSSR count). The summed E-state index contributed by atoms with van der Waals surface area (Å²) in [5.74, 6) is 0.523. The van der Waals surface area contributed by atoms with Crippen LogP contribution in [-0.4, -0.2) is 15.9 Å². The monoisotopic (exact) mass is 327 g/mol. The molecule has 3 nitrogen and oxygen atoms in total. The Bertz CT molecular complexity index is 678. The number of phenolic OH excluding ortho intramolecular Hbond substituents is 1. The minimum absolute atomic E-state index is 0.138. The van der Waals surface area contributed by atoms with Crippen molar-refractivity contribution in [3.63, 3.8) is 0 Å². The maximum atomic E-state index is 12.2. The van der Waals surface area contributed by atoms with Crippen LogP contribution in [0.1, 0.15) is 75.0 Å². The fourth-order valence-corrected chi connectivity index (χ4v) is 2.88. The number of hydrogen-bond acceptors (Lipinski definition) is 2. The minimum Gasteiger partial charge on any atom is -0.507 e. The quantitative estimate of drug-likeness (QED) is 0.765. The molecule has 1 heterocycles. The third kappa shape index (κ3) is 4.08. The summed E-state index contributed by atoms with van der Waals surface area (Å²) in [6.07, 6.45) is 4.65. The van der Waals surface area contributed by atoms with Crippen LogP contribution in [0.5, 0.6) is 5.75 Å². The predicted octanol–water partition coefficient (Wildman–Crippen LogP) is 5.13. The first-order valence-electron chi connectivity index (χ1n) is 8.53. The first-order chi connectivity index (χ1) is 11.0. The average Bonchev–Trinajstić information content (AvgIpc) is 2.97. The highest BCUT2D eigenvalue weighted by atomic mass is 16.3. The molecule has 24 heavy (non-hydrogen) atoms. The summed E-state index contributed by atoms with van der Waals surface area (Å²) in [5.41, 5.74) is 3.42. The van der Waals surface area contributed by atoms with Gasteiger partial charge in [0, 0.05) is 24.4 Å². The normalized spacial score (nSPS) is 12.4. The van der Waals surface area contributed by atoms with Gasteiger partial charge < -0.3 is 10.1 Å². The molecule has 1 aromatic carbocycles. The van der Waals surface area contributed by atoms with E-state index in [0.29, 0.717) is 18.6 Å². The Labute approximate surface area is 145 Å². The van der Waals surface area contributed by atoms with Crippen LogP contribution in [0.4, 0.5) is 0 Å². The van der Waals surface area contributed by atoms with Crippen LogP contribution in [0.3, 0.4) is 0 Å². The molecule has 0 unspecified atom stereocenters. The lowest BCUT2D eigenvalue weighted by atomic mass is 9.78. The highest BCUT2D eigenvalue weighted by Crippen LogP contribution is 2.40. The highest BCUT2D eigenvalue weighted by molar-refractivity contribution is 5.95. The molecule has 0 atom stereocenters. The first-order valence-corrected chi connectivity index (χ1v) is 8.53. The van der Waals surface area contributed by atoms with Gasteiger partial charge in [-0.15, -0.1) is 0 Å². The lowest BCUT2D eigenvalue weighted by Crippen LogP contribution is -2.18. The van der Waals surface area contributed by atoms with E-state index < -0.39 is 0 Å². The number of carbonyl (C=O) groups excluding carboxylic acids is 1. The molecule has 0 fully saturated rings. The topological polar surface area (TPSA) is 53.1 Å². The molecule has 0 aliphatic heterocycles. The molecule has 0 radical (unpaired) electrons. The summed E-state index contributed by atoms with van der Waals surface area (Å²) in [6.45, 7) is 12.6. The Hall–Kier alpha value is -2.03. The van der Waals surface area contributed by atoms with Crippen LogP contribution >= 0.6 is 0 Å². The number of rotatable bonds is 4. The second kappa shape index (κ2) is 6.46. The molecule has 2 N–H and O–H groups in total. The van der Waals surface area contributed by atoms with Gasteiger partial charge in [-0.25, -0.2) is 0 Å². The number of hydrogen-bond donors (Lipinski definition) is 2. The first kappa shape index (κ1) is 18.3. The molecule has 0 bridgehead atoms. The van der Waals surface area contributed by atoms with Gasteiger partial charge in [-0.1, -0.05) is 53.7 Å². The van der Waals surface area contributed by atoms with Gasteiger partial charge in [0.05, 0.1) is 0 Å². The zero-order valence-electron chi connectivity index (χ0n) is 15.7. The maximum absolute atomic E-state index is 12.2. The largest absolute Gasteiger partial charge is 0.507 e. The molecular weight excluding hydrogens is 298 g/mol. The van der Waals surface area contributed by atoms with Crippen molar-refractivity contribution in [2.24, 2.45) is 0 Å². The Kier molecular flexibility index (Phi) is 4.93. The number of aromatic amines is 1. The number of aryl methyl sites for hydroxylation is 1. The summed E-state index contributed by atoms with van der Waals surface area (Å²) in [6, 6.07) is 5.91. The van der Waals surface area contributed by atoms with Crippen LogP contribution in [0.25, 0.3) is 0 Å². The van der Waals surface area contributed by atoms with Crippen molar-refractivity contribution in [1.82, 2.24) is 4.98 Å². The molecule has 1 aromatic heterocycles. The zero-order chi connectivity index (χ0) is 18.1. The van der Waals surface area contributed by atoms with Crippen LogP contribution in [0.15, 0.2) is 30.6 Å². The Morgan fingerprint density at radius 1 is 1.04 bits per heavy atom. The van der Waals surface area contributed by atoms with E-state index in [0.717, 1.165) is 22.3 Å². The van der Waals surface area contributed by atoms with Crippen molar-refractivity contribution in [3.8, 4) is 5.75 Å². The van der Waals surface area contributed by atoms with Gasteiger partial charge in [-0.3, -0.25) is 4.79 Å². The molecule has 0 spiro atoms. The zero-order valence-corrected chi connectivity index (χ0v) is 15.7. The minimum atomic E-state index is -0.148. The van der Waals surface area contributed by atoms with Gasteiger partial charge in [-0.05, 0) is 40.0 Å². The van der Waals surface area contributed by atoms with E-state index in [4.69, 9.17) is 0 Å². The fourth-order valence-electron chi connectivity index (χ4n) is 2.88. The van der Waals surface area contributed by atoms with Gasteiger partial charge in [0.25, 0.3) is 0 Å². The van der Waals surface area contributed by atoms with Gasteiger partial charge in [0.2, 0.25) is 0 Å². The van der Waals surface area contributed by atoms with Crippen molar-refractivity contribution in [3.05, 3.63) is 52.8 Å². The van der Waals surface area contributed by atoms with E-state index in [1.165, 1.54) is 0 Å². The van der Waals surface area contributed by atoms with Crippen LogP contribution in [-0.2, 0) is 17.3 Å². The summed E-state index contributed by atoms with van der Waals surface area (Å²) in [7, 11) is 0. The molecule has 2 aromatic rings. The molecule has 130 valence electrons. The number of carbonyl (C=O) groups is 1. The van der Waals surface area contributed by atoms with Crippen molar-refractivity contribution >= 4 is 5.78 Å². The molecule has 0 amide bonds. The number of aromatic nitrogens is 1. The molecule has 0 aliphatic rings. The average molecular weight is 327 g/mol. The van der Waals surface area contributed by atoms with Crippen LogP contribution in [0.2, 0.25) is 0 Å². The smallest absolute Gasteiger partial charge is 0.164 e. The van der Waals surface area contributed by atoms with Crippen molar-refractivity contribution in [1.29, 1.82) is 0 Å².